The number of nitrogens with two attached hydrogens (primary N) is 1. The average molecular weight is 351 g/mol. The fourth-order valence-electron chi connectivity index (χ4n) is 2.56. The number of benzene rings is 1. The average Bonchev–Trinajstić information content (AvgIpc) is 2.93. The summed E-state index contributed by atoms with van der Waals surface area (Å²) in [5.41, 5.74) is 9.55. The smallest absolute Gasteiger partial charge is 0.265 e. The molecule has 5 heteroatoms. The van der Waals surface area contributed by atoms with Crippen LogP contribution in [0.2, 0.25) is 0 Å². The number of carbonyl (C=O) groups is 1. The van der Waals surface area contributed by atoms with Gasteiger partial charge in [0, 0.05) is 9.35 Å². The highest BCUT2D eigenvalue weighted by molar-refractivity contribution is 9.10. The lowest BCUT2D eigenvalue weighted by atomic mass is 10.1. The third kappa shape index (κ3) is 2.47. The molecule has 1 amide bonds. The molecule has 0 unspecified atom stereocenters. The maximum Gasteiger partial charge on any atom is 0.265 e. The van der Waals surface area contributed by atoms with Gasteiger partial charge in [-0.25, -0.2) is 0 Å². The van der Waals surface area contributed by atoms with Gasteiger partial charge in [0.15, 0.2) is 0 Å². The molecule has 1 aliphatic rings. The van der Waals surface area contributed by atoms with E-state index in [0.29, 0.717) is 11.4 Å². The molecular weight excluding hydrogens is 336 g/mol. The number of thiophene rings is 1. The van der Waals surface area contributed by atoms with Crippen LogP contribution in [0.15, 0.2) is 22.7 Å². The zero-order chi connectivity index (χ0) is 14.3. The Morgan fingerprint density at radius 3 is 2.85 bits per heavy atom. The molecular formula is C15H15BrN2OS. The number of nitrogens with one attached hydrogen (secondary N) is 1. The summed E-state index contributed by atoms with van der Waals surface area (Å²) in [6, 6.07) is 5.77. The third-order valence-corrected chi connectivity index (χ3v) is 5.23. The second-order valence-corrected chi connectivity index (χ2v) is 7.11. The van der Waals surface area contributed by atoms with E-state index in [1.807, 2.05) is 19.1 Å². The van der Waals surface area contributed by atoms with E-state index < -0.39 is 0 Å². The van der Waals surface area contributed by atoms with Crippen molar-refractivity contribution >= 4 is 44.5 Å². The molecule has 1 aliphatic carbocycles. The quantitative estimate of drug-likeness (QED) is 0.799. The lowest BCUT2D eigenvalue weighted by Crippen LogP contribution is -2.13. The summed E-state index contributed by atoms with van der Waals surface area (Å²) in [6.07, 6.45) is 3.41. The molecule has 0 radical (unpaired) electrons. The first-order chi connectivity index (χ1) is 9.54. The number of carbonyl (C=O) groups excluding carboxylic acids is 1. The van der Waals surface area contributed by atoms with E-state index in [1.54, 1.807) is 17.4 Å². The van der Waals surface area contributed by atoms with Crippen molar-refractivity contribution in [3.05, 3.63) is 43.6 Å². The van der Waals surface area contributed by atoms with Crippen molar-refractivity contribution in [2.75, 3.05) is 11.1 Å². The predicted octanol–water partition coefficient (Wildman–Crippen LogP) is 4.14. The van der Waals surface area contributed by atoms with E-state index in [1.165, 1.54) is 16.9 Å². The van der Waals surface area contributed by atoms with Crippen LogP contribution >= 0.6 is 27.3 Å². The van der Waals surface area contributed by atoms with Gasteiger partial charge in [0.05, 0.1) is 16.3 Å². The Hall–Kier alpha value is -1.33. The summed E-state index contributed by atoms with van der Waals surface area (Å²) in [6.45, 7) is 1.94. The topological polar surface area (TPSA) is 55.1 Å². The normalized spacial score (nSPS) is 13.3. The van der Waals surface area contributed by atoms with Gasteiger partial charge in [0.2, 0.25) is 0 Å². The summed E-state index contributed by atoms with van der Waals surface area (Å²) in [5, 5.41) is 2.94. The first kappa shape index (κ1) is 13.6. The van der Waals surface area contributed by atoms with E-state index in [4.69, 9.17) is 5.73 Å². The summed E-state index contributed by atoms with van der Waals surface area (Å²) in [5.74, 6) is -0.0680. The fraction of sp³-hybridized carbons (Fsp3) is 0.267. The molecule has 1 aromatic carbocycles. The first-order valence-corrected chi connectivity index (χ1v) is 8.14. The van der Waals surface area contributed by atoms with Crippen LogP contribution in [0.5, 0.6) is 0 Å². The maximum atomic E-state index is 12.3. The number of nitrogen functional groups attached to an aromatic ring is 1. The van der Waals surface area contributed by atoms with Crippen LogP contribution in [0.4, 0.5) is 11.4 Å². The van der Waals surface area contributed by atoms with Crippen LogP contribution in [0.3, 0.4) is 0 Å². The van der Waals surface area contributed by atoms with Crippen molar-refractivity contribution in [3.63, 3.8) is 0 Å². The zero-order valence-electron chi connectivity index (χ0n) is 11.1. The van der Waals surface area contributed by atoms with Crippen LogP contribution < -0.4 is 11.1 Å². The lowest BCUT2D eigenvalue weighted by Gasteiger charge is -2.11. The Morgan fingerprint density at radius 1 is 1.35 bits per heavy atom. The Kier molecular flexibility index (Phi) is 3.56. The Bertz CT molecular complexity index is 649. The third-order valence-electron chi connectivity index (χ3n) is 3.54. The van der Waals surface area contributed by atoms with E-state index in [0.717, 1.165) is 27.8 Å². The first-order valence-electron chi connectivity index (χ1n) is 6.53. The highest BCUT2D eigenvalue weighted by Crippen LogP contribution is 2.32. The van der Waals surface area contributed by atoms with Crippen LogP contribution in [0.1, 0.15) is 32.1 Å². The zero-order valence-corrected chi connectivity index (χ0v) is 13.5. The van der Waals surface area contributed by atoms with Gasteiger partial charge in [-0.1, -0.05) is 15.9 Å². The fourth-order valence-corrected chi connectivity index (χ4v) is 4.29. The molecule has 0 aliphatic heterocycles. The van der Waals surface area contributed by atoms with Gasteiger partial charge in [-0.3, -0.25) is 4.79 Å². The number of hydrogen-bond acceptors (Lipinski definition) is 3. The number of rotatable bonds is 2. The van der Waals surface area contributed by atoms with Crippen molar-refractivity contribution in [3.8, 4) is 0 Å². The van der Waals surface area contributed by atoms with Gasteiger partial charge in [-0.15, -0.1) is 11.3 Å². The minimum atomic E-state index is -0.0680. The van der Waals surface area contributed by atoms with Gasteiger partial charge in [-0.05, 0) is 55.5 Å². The van der Waals surface area contributed by atoms with Gasteiger partial charge in [0.1, 0.15) is 0 Å². The molecule has 20 heavy (non-hydrogen) atoms. The SMILES string of the molecule is Cc1cc(Br)cc(N)c1NC(=O)c1cc2c(s1)CCC2. The maximum absolute atomic E-state index is 12.3. The Morgan fingerprint density at radius 2 is 2.15 bits per heavy atom. The number of aryl methyl sites for hydroxylation is 3. The van der Waals surface area contributed by atoms with E-state index >= 15 is 0 Å². The van der Waals surface area contributed by atoms with E-state index in [2.05, 4.69) is 21.2 Å². The molecule has 2 aromatic rings. The van der Waals surface area contributed by atoms with Crippen molar-refractivity contribution in [1.82, 2.24) is 0 Å². The molecule has 0 saturated heterocycles. The molecule has 1 aromatic heterocycles. The van der Waals surface area contributed by atoms with Crippen LogP contribution in [-0.2, 0) is 12.8 Å². The summed E-state index contributed by atoms with van der Waals surface area (Å²) in [7, 11) is 0. The minimum Gasteiger partial charge on any atom is -0.397 e. The largest absolute Gasteiger partial charge is 0.397 e. The summed E-state index contributed by atoms with van der Waals surface area (Å²) < 4.78 is 0.917. The molecule has 0 saturated carbocycles. The van der Waals surface area contributed by atoms with E-state index in [-0.39, 0.29) is 5.91 Å². The van der Waals surface area contributed by atoms with Gasteiger partial charge in [0.25, 0.3) is 5.91 Å². The molecule has 3 rings (SSSR count). The van der Waals surface area contributed by atoms with Crippen molar-refractivity contribution in [2.24, 2.45) is 0 Å². The number of hydrogen-bond donors (Lipinski definition) is 2. The molecule has 0 atom stereocenters. The molecule has 1 heterocycles. The second kappa shape index (κ2) is 5.22. The Labute approximate surface area is 130 Å². The standard InChI is InChI=1S/C15H15BrN2OS/c1-8-5-10(16)7-11(17)14(8)18-15(19)13-6-9-3-2-4-12(9)20-13/h5-7H,2-4,17H2,1H3,(H,18,19). The highest BCUT2D eigenvalue weighted by Gasteiger charge is 2.19. The highest BCUT2D eigenvalue weighted by atomic mass is 79.9. The molecule has 104 valence electrons. The Balaban J connectivity index is 1.85. The molecule has 3 nitrogen and oxygen atoms in total. The molecule has 0 fully saturated rings. The minimum absolute atomic E-state index is 0.0680. The summed E-state index contributed by atoms with van der Waals surface area (Å²) >= 11 is 5.00. The lowest BCUT2D eigenvalue weighted by molar-refractivity contribution is 0.103. The van der Waals surface area contributed by atoms with Gasteiger partial charge < -0.3 is 11.1 Å². The molecule has 0 bridgehead atoms. The number of anilines is 2. The molecule has 3 N–H and O–H groups in total. The van der Waals surface area contributed by atoms with Crippen molar-refractivity contribution < 1.29 is 4.79 Å². The number of fused-ring (bicyclic) bond motifs is 1. The van der Waals surface area contributed by atoms with Crippen LogP contribution in [0, 0.1) is 6.92 Å². The van der Waals surface area contributed by atoms with Gasteiger partial charge in [-0.2, -0.15) is 0 Å². The number of halogens is 1. The van der Waals surface area contributed by atoms with Crippen LogP contribution in [0.25, 0.3) is 0 Å². The van der Waals surface area contributed by atoms with Crippen LogP contribution in [-0.4, -0.2) is 5.91 Å². The predicted molar refractivity (Wildman–Crippen MR) is 87.6 cm³/mol. The van der Waals surface area contributed by atoms with E-state index in [9.17, 15) is 4.79 Å². The monoisotopic (exact) mass is 350 g/mol. The van der Waals surface area contributed by atoms with Crippen molar-refractivity contribution in [2.45, 2.75) is 26.2 Å². The second-order valence-electron chi connectivity index (χ2n) is 5.05. The van der Waals surface area contributed by atoms with Gasteiger partial charge >= 0.3 is 0 Å². The molecule has 0 spiro atoms. The number of amides is 1. The van der Waals surface area contributed by atoms with Crippen molar-refractivity contribution in [1.29, 1.82) is 0 Å². The summed E-state index contributed by atoms with van der Waals surface area (Å²) in [4.78, 5) is 14.5.